The Labute approximate surface area is 193 Å². The van der Waals surface area contributed by atoms with Gasteiger partial charge in [0.1, 0.15) is 5.75 Å². The lowest BCUT2D eigenvalue weighted by Crippen LogP contribution is -2.27. The largest absolute Gasteiger partial charge is 0.497 e. The Morgan fingerprint density at radius 3 is 2.55 bits per heavy atom. The first-order valence-electron chi connectivity index (χ1n) is 11.3. The number of nitrogens with zero attached hydrogens (tertiary/aromatic N) is 3. The van der Waals surface area contributed by atoms with Crippen molar-refractivity contribution in [2.45, 2.75) is 32.6 Å². The lowest BCUT2D eigenvalue weighted by Gasteiger charge is -2.17. The minimum Gasteiger partial charge on any atom is -0.497 e. The fourth-order valence-corrected chi connectivity index (χ4v) is 3.93. The number of methoxy groups -OCH3 is 1. The summed E-state index contributed by atoms with van der Waals surface area (Å²) >= 11 is 0. The maximum absolute atomic E-state index is 12.6. The van der Waals surface area contributed by atoms with Crippen LogP contribution in [0.5, 0.6) is 17.2 Å². The average Bonchev–Trinajstić information content (AvgIpc) is 3.46. The molecule has 3 aromatic rings. The van der Waals surface area contributed by atoms with Crippen LogP contribution in [0.2, 0.25) is 0 Å². The van der Waals surface area contributed by atoms with Crippen molar-refractivity contribution < 1.29 is 23.5 Å². The summed E-state index contributed by atoms with van der Waals surface area (Å²) in [7, 11) is 1.62. The zero-order chi connectivity index (χ0) is 23.2. The standard InChI is InChI=1S/C25H29N3O5/c1-4-31-21-11-6-17(14-22(21)32-5-2)12-13-28-16-19(15-23(28)29)24-26-25(33-27-24)18-7-9-20(30-3)10-8-18/h6-11,14,19H,4-5,12-13,15-16H2,1-3H3. The van der Waals surface area contributed by atoms with Crippen molar-refractivity contribution in [1.29, 1.82) is 0 Å². The van der Waals surface area contributed by atoms with E-state index in [0.29, 0.717) is 44.4 Å². The SMILES string of the molecule is CCOc1ccc(CCN2CC(c3noc(-c4ccc(OC)cc4)n3)CC2=O)cc1OCC. The van der Waals surface area contributed by atoms with Gasteiger partial charge in [-0.2, -0.15) is 4.98 Å². The zero-order valence-corrected chi connectivity index (χ0v) is 19.2. The Bertz CT molecular complexity index is 1080. The Kier molecular flexibility index (Phi) is 7.12. The van der Waals surface area contributed by atoms with Crippen LogP contribution in [0.25, 0.3) is 11.5 Å². The van der Waals surface area contributed by atoms with Gasteiger partial charge in [0.2, 0.25) is 5.91 Å². The quantitative estimate of drug-likeness (QED) is 0.459. The van der Waals surface area contributed by atoms with Crippen molar-refractivity contribution in [2.75, 3.05) is 33.4 Å². The van der Waals surface area contributed by atoms with Gasteiger partial charge in [-0.05, 0) is 62.2 Å². The third-order valence-electron chi connectivity index (χ3n) is 5.64. The van der Waals surface area contributed by atoms with Crippen LogP contribution in [0, 0.1) is 0 Å². The second-order valence-corrected chi connectivity index (χ2v) is 7.82. The van der Waals surface area contributed by atoms with Crippen LogP contribution in [-0.4, -0.2) is 54.4 Å². The normalized spacial score (nSPS) is 15.7. The molecule has 1 aliphatic rings. The molecule has 1 aromatic heterocycles. The van der Waals surface area contributed by atoms with E-state index >= 15 is 0 Å². The zero-order valence-electron chi connectivity index (χ0n) is 19.2. The molecule has 0 N–H and O–H groups in total. The molecule has 33 heavy (non-hydrogen) atoms. The van der Waals surface area contributed by atoms with Gasteiger partial charge in [-0.3, -0.25) is 4.79 Å². The second kappa shape index (κ2) is 10.4. The molecule has 174 valence electrons. The third kappa shape index (κ3) is 5.27. The molecule has 0 bridgehead atoms. The van der Waals surface area contributed by atoms with E-state index in [1.807, 2.05) is 61.2 Å². The maximum atomic E-state index is 12.6. The van der Waals surface area contributed by atoms with Crippen molar-refractivity contribution in [1.82, 2.24) is 15.0 Å². The summed E-state index contributed by atoms with van der Waals surface area (Å²) in [6.07, 6.45) is 1.11. The molecule has 1 unspecified atom stereocenters. The number of carbonyl (C=O) groups is 1. The Morgan fingerprint density at radius 2 is 1.82 bits per heavy atom. The molecule has 1 fully saturated rings. The Balaban J connectivity index is 1.38. The number of rotatable bonds is 10. The highest BCUT2D eigenvalue weighted by atomic mass is 16.5. The van der Waals surface area contributed by atoms with E-state index in [9.17, 15) is 4.79 Å². The van der Waals surface area contributed by atoms with E-state index in [1.54, 1.807) is 7.11 Å². The number of carbonyl (C=O) groups excluding carboxylic acids is 1. The first-order chi connectivity index (χ1) is 16.1. The van der Waals surface area contributed by atoms with Crippen molar-refractivity contribution in [3.63, 3.8) is 0 Å². The monoisotopic (exact) mass is 451 g/mol. The molecule has 2 aromatic carbocycles. The predicted octanol–water partition coefficient (Wildman–Crippen LogP) is 4.10. The van der Waals surface area contributed by atoms with E-state index in [0.717, 1.165) is 34.8 Å². The van der Waals surface area contributed by atoms with Gasteiger partial charge in [0.25, 0.3) is 5.89 Å². The molecule has 2 heterocycles. The molecule has 4 rings (SSSR count). The first kappa shape index (κ1) is 22.6. The molecule has 0 saturated carbocycles. The number of ether oxygens (including phenoxy) is 3. The maximum Gasteiger partial charge on any atom is 0.257 e. The molecule has 0 radical (unpaired) electrons. The molecule has 8 nitrogen and oxygen atoms in total. The van der Waals surface area contributed by atoms with Crippen LogP contribution in [0.3, 0.4) is 0 Å². The van der Waals surface area contributed by atoms with E-state index in [2.05, 4.69) is 10.1 Å². The molecule has 1 atom stereocenters. The highest BCUT2D eigenvalue weighted by Gasteiger charge is 2.33. The third-order valence-corrected chi connectivity index (χ3v) is 5.64. The fraction of sp³-hybridized carbons (Fsp3) is 0.400. The molecule has 1 saturated heterocycles. The van der Waals surface area contributed by atoms with E-state index in [4.69, 9.17) is 18.7 Å². The van der Waals surface area contributed by atoms with Gasteiger partial charge in [-0.25, -0.2) is 0 Å². The number of hydrogen-bond donors (Lipinski definition) is 0. The summed E-state index contributed by atoms with van der Waals surface area (Å²) in [6.45, 7) is 6.25. The molecular weight excluding hydrogens is 422 g/mol. The van der Waals surface area contributed by atoms with Crippen LogP contribution in [0.1, 0.15) is 37.6 Å². The summed E-state index contributed by atoms with van der Waals surface area (Å²) in [5.74, 6) is 3.27. The fourth-order valence-electron chi connectivity index (χ4n) is 3.93. The minimum atomic E-state index is -0.0763. The van der Waals surface area contributed by atoms with Crippen LogP contribution in [0.4, 0.5) is 0 Å². The van der Waals surface area contributed by atoms with E-state index < -0.39 is 0 Å². The topological polar surface area (TPSA) is 86.9 Å². The number of benzene rings is 2. The van der Waals surface area contributed by atoms with Crippen LogP contribution >= 0.6 is 0 Å². The van der Waals surface area contributed by atoms with Crippen LogP contribution < -0.4 is 14.2 Å². The molecule has 0 spiro atoms. The van der Waals surface area contributed by atoms with Crippen molar-refractivity contribution in [3.8, 4) is 28.7 Å². The van der Waals surface area contributed by atoms with Crippen molar-refractivity contribution in [2.24, 2.45) is 0 Å². The Hall–Kier alpha value is -3.55. The van der Waals surface area contributed by atoms with Gasteiger partial charge in [-0.15, -0.1) is 0 Å². The number of aromatic nitrogens is 2. The van der Waals surface area contributed by atoms with Crippen molar-refractivity contribution in [3.05, 3.63) is 53.9 Å². The van der Waals surface area contributed by atoms with Crippen LogP contribution in [-0.2, 0) is 11.2 Å². The smallest absolute Gasteiger partial charge is 0.257 e. The summed E-state index contributed by atoms with van der Waals surface area (Å²) in [4.78, 5) is 19.0. The average molecular weight is 452 g/mol. The highest BCUT2D eigenvalue weighted by Crippen LogP contribution is 2.31. The van der Waals surface area contributed by atoms with Gasteiger partial charge in [0.05, 0.1) is 20.3 Å². The summed E-state index contributed by atoms with van der Waals surface area (Å²) in [5.41, 5.74) is 1.91. The molecule has 1 aliphatic heterocycles. The number of hydrogen-bond acceptors (Lipinski definition) is 7. The summed E-state index contributed by atoms with van der Waals surface area (Å²) in [5, 5.41) is 4.14. The van der Waals surface area contributed by atoms with Gasteiger partial charge < -0.3 is 23.6 Å². The van der Waals surface area contributed by atoms with Crippen molar-refractivity contribution >= 4 is 5.91 Å². The number of amides is 1. The van der Waals surface area contributed by atoms with Crippen LogP contribution in [0.15, 0.2) is 47.0 Å². The lowest BCUT2D eigenvalue weighted by atomic mass is 10.1. The first-order valence-corrected chi connectivity index (χ1v) is 11.3. The lowest BCUT2D eigenvalue weighted by molar-refractivity contribution is -0.127. The molecule has 8 heteroatoms. The summed E-state index contributed by atoms with van der Waals surface area (Å²) < 4.78 is 22.0. The second-order valence-electron chi connectivity index (χ2n) is 7.82. The Morgan fingerprint density at radius 1 is 1.06 bits per heavy atom. The van der Waals surface area contributed by atoms with Gasteiger partial charge >= 0.3 is 0 Å². The number of likely N-dealkylation sites (tertiary alicyclic amines) is 1. The van der Waals surface area contributed by atoms with Gasteiger partial charge in [-0.1, -0.05) is 11.2 Å². The minimum absolute atomic E-state index is 0.0763. The molecule has 1 amide bonds. The predicted molar refractivity (Wildman–Crippen MR) is 123 cm³/mol. The van der Waals surface area contributed by atoms with Gasteiger partial charge in [0, 0.05) is 31.0 Å². The van der Waals surface area contributed by atoms with E-state index in [1.165, 1.54) is 0 Å². The highest BCUT2D eigenvalue weighted by molar-refractivity contribution is 5.79. The van der Waals surface area contributed by atoms with E-state index in [-0.39, 0.29) is 11.8 Å². The molecular formula is C25H29N3O5. The summed E-state index contributed by atoms with van der Waals surface area (Å²) in [6, 6.07) is 13.4. The van der Waals surface area contributed by atoms with Gasteiger partial charge in [0.15, 0.2) is 17.3 Å². The molecule has 0 aliphatic carbocycles.